The van der Waals surface area contributed by atoms with Crippen molar-refractivity contribution in [3.05, 3.63) is 36.0 Å². The molecule has 2 aromatic rings. The van der Waals surface area contributed by atoms with Gasteiger partial charge in [0, 0.05) is 30.2 Å². The molecule has 0 aliphatic heterocycles. The van der Waals surface area contributed by atoms with E-state index in [1.807, 2.05) is 0 Å². The van der Waals surface area contributed by atoms with Crippen LogP contribution in [0, 0.1) is 5.92 Å². The van der Waals surface area contributed by atoms with Crippen LogP contribution < -0.4 is 5.32 Å². The largest absolute Gasteiger partial charge is 0.347 e. The summed E-state index contributed by atoms with van der Waals surface area (Å²) in [5, 5.41) is 4.96. The number of nitrogens with zero attached hydrogens (tertiary/aromatic N) is 1. The molecule has 1 aromatic carbocycles. The maximum absolute atomic E-state index is 3.57. The van der Waals surface area contributed by atoms with E-state index >= 15 is 0 Å². The highest BCUT2D eigenvalue weighted by atomic mass is 15.0. The van der Waals surface area contributed by atoms with Gasteiger partial charge in [0.25, 0.3) is 0 Å². The molecule has 0 atom stereocenters. The molecule has 2 rings (SSSR count). The Balaban J connectivity index is 2.09. The standard InChI is InChI=1S/C17H26N2/c1-4-11-19-13-15(12-18-10-9-14(2)3)16-7-5-6-8-17(16)19/h5-8,13-14,18H,4,9-12H2,1-3H3. The van der Waals surface area contributed by atoms with E-state index < -0.39 is 0 Å². The average molecular weight is 258 g/mol. The number of nitrogens with one attached hydrogen (secondary N) is 1. The van der Waals surface area contributed by atoms with E-state index in [9.17, 15) is 0 Å². The van der Waals surface area contributed by atoms with E-state index in [0.717, 1.165) is 25.6 Å². The Hall–Kier alpha value is -1.28. The summed E-state index contributed by atoms with van der Waals surface area (Å²) in [7, 11) is 0. The zero-order valence-electron chi connectivity index (χ0n) is 12.4. The minimum absolute atomic E-state index is 0.772. The molecule has 0 aliphatic carbocycles. The summed E-state index contributed by atoms with van der Waals surface area (Å²) in [4.78, 5) is 0. The molecule has 104 valence electrons. The van der Waals surface area contributed by atoms with Gasteiger partial charge in [-0.2, -0.15) is 0 Å². The molecule has 1 aromatic heterocycles. The molecule has 1 N–H and O–H groups in total. The Morgan fingerprint density at radius 3 is 2.74 bits per heavy atom. The second-order valence-corrected chi connectivity index (χ2v) is 5.72. The third-order valence-corrected chi connectivity index (χ3v) is 3.55. The Kier molecular flexibility index (Phi) is 5.03. The molecule has 1 heterocycles. The van der Waals surface area contributed by atoms with Crippen molar-refractivity contribution in [1.29, 1.82) is 0 Å². The van der Waals surface area contributed by atoms with E-state index in [4.69, 9.17) is 0 Å². The van der Waals surface area contributed by atoms with Crippen molar-refractivity contribution in [3.8, 4) is 0 Å². The fourth-order valence-corrected chi connectivity index (χ4v) is 2.50. The fourth-order valence-electron chi connectivity index (χ4n) is 2.50. The van der Waals surface area contributed by atoms with Crippen molar-refractivity contribution in [2.75, 3.05) is 6.54 Å². The number of aryl methyl sites for hydroxylation is 1. The maximum Gasteiger partial charge on any atom is 0.0483 e. The van der Waals surface area contributed by atoms with E-state index in [1.54, 1.807) is 0 Å². The van der Waals surface area contributed by atoms with Gasteiger partial charge in [0.05, 0.1) is 0 Å². The van der Waals surface area contributed by atoms with Crippen LogP contribution in [0.1, 0.15) is 39.2 Å². The first-order chi connectivity index (χ1) is 9.22. The number of rotatable bonds is 7. The molecule has 0 radical (unpaired) electrons. The third kappa shape index (κ3) is 3.60. The van der Waals surface area contributed by atoms with Crippen molar-refractivity contribution in [2.45, 2.75) is 46.7 Å². The molecule has 0 fully saturated rings. The normalized spacial score (nSPS) is 11.6. The van der Waals surface area contributed by atoms with Gasteiger partial charge in [-0.25, -0.2) is 0 Å². The highest BCUT2D eigenvalue weighted by Crippen LogP contribution is 2.21. The van der Waals surface area contributed by atoms with Gasteiger partial charge in [-0.15, -0.1) is 0 Å². The van der Waals surface area contributed by atoms with E-state index in [-0.39, 0.29) is 0 Å². The van der Waals surface area contributed by atoms with Crippen molar-refractivity contribution in [2.24, 2.45) is 5.92 Å². The van der Waals surface area contributed by atoms with Crippen LogP contribution in [0.3, 0.4) is 0 Å². The third-order valence-electron chi connectivity index (χ3n) is 3.55. The molecule has 2 nitrogen and oxygen atoms in total. The summed E-state index contributed by atoms with van der Waals surface area (Å²) in [5.41, 5.74) is 2.79. The predicted molar refractivity (Wildman–Crippen MR) is 83.4 cm³/mol. The van der Waals surface area contributed by atoms with Gasteiger partial charge in [0.2, 0.25) is 0 Å². The number of hydrogen-bond acceptors (Lipinski definition) is 1. The zero-order valence-corrected chi connectivity index (χ0v) is 12.4. The summed E-state index contributed by atoms with van der Waals surface area (Å²) in [6.07, 6.45) is 4.74. The lowest BCUT2D eigenvalue weighted by molar-refractivity contribution is 0.537. The van der Waals surface area contributed by atoms with Crippen LogP contribution >= 0.6 is 0 Å². The molecule has 0 spiro atoms. The van der Waals surface area contributed by atoms with Crippen molar-refractivity contribution in [1.82, 2.24) is 9.88 Å². The summed E-state index contributed by atoms with van der Waals surface area (Å²) in [6, 6.07) is 8.73. The minimum Gasteiger partial charge on any atom is -0.347 e. The monoisotopic (exact) mass is 258 g/mol. The van der Waals surface area contributed by atoms with Crippen LogP contribution in [-0.4, -0.2) is 11.1 Å². The molecule has 19 heavy (non-hydrogen) atoms. The summed E-state index contributed by atoms with van der Waals surface area (Å²) in [6.45, 7) is 9.96. The van der Waals surface area contributed by atoms with Gasteiger partial charge in [-0.1, -0.05) is 39.0 Å². The Bertz CT molecular complexity index is 511. The SMILES string of the molecule is CCCn1cc(CNCCC(C)C)c2ccccc21. The van der Waals surface area contributed by atoms with Crippen molar-refractivity contribution >= 4 is 10.9 Å². The van der Waals surface area contributed by atoms with Crippen LogP contribution in [0.4, 0.5) is 0 Å². The molecule has 0 bridgehead atoms. The molecule has 0 aliphatic rings. The van der Waals surface area contributed by atoms with Crippen molar-refractivity contribution in [3.63, 3.8) is 0 Å². The first-order valence-corrected chi connectivity index (χ1v) is 7.49. The lowest BCUT2D eigenvalue weighted by Gasteiger charge is -2.06. The second-order valence-electron chi connectivity index (χ2n) is 5.72. The summed E-state index contributed by atoms with van der Waals surface area (Å²) < 4.78 is 2.38. The van der Waals surface area contributed by atoms with Gasteiger partial charge in [0.15, 0.2) is 0 Å². The summed E-state index contributed by atoms with van der Waals surface area (Å²) >= 11 is 0. The predicted octanol–water partition coefficient (Wildman–Crippen LogP) is 4.19. The quantitative estimate of drug-likeness (QED) is 0.737. The van der Waals surface area contributed by atoms with Crippen LogP contribution in [0.2, 0.25) is 0 Å². The summed E-state index contributed by atoms with van der Waals surface area (Å²) in [5.74, 6) is 0.772. The molecule has 0 unspecified atom stereocenters. The number of aromatic nitrogens is 1. The Morgan fingerprint density at radius 2 is 2.00 bits per heavy atom. The Morgan fingerprint density at radius 1 is 1.21 bits per heavy atom. The topological polar surface area (TPSA) is 17.0 Å². The molecular weight excluding hydrogens is 232 g/mol. The highest BCUT2D eigenvalue weighted by molar-refractivity contribution is 5.83. The van der Waals surface area contributed by atoms with Crippen LogP contribution in [-0.2, 0) is 13.1 Å². The van der Waals surface area contributed by atoms with Gasteiger partial charge in [0.1, 0.15) is 0 Å². The average Bonchev–Trinajstić information content (AvgIpc) is 2.74. The fraction of sp³-hybridized carbons (Fsp3) is 0.529. The number of para-hydroxylation sites is 1. The first kappa shape index (κ1) is 14.1. The van der Waals surface area contributed by atoms with Gasteiger partial charge < -0.3 is 9.88 Å². The maximum atomic E-state index is 3.57. The van der Waals surface area contributed by atoms with E-state index in [0.29, 0.717) is 0 Å². The van der Waals surface area contributed by atoms with Crippen molar-refractivity contribution < 1.29 is 0 Å². The molecule has 0 amide bonds. The van der Waals surface area contributed by atoms with Crippen LogP contribution in [0.15, 0.2) is 30.5 Å². The molecule has 0 saturated heterocycles. The van der Waals surface area contributed by atoms with Gasteiger partial charge in [-0.05, 0) is 36.9 Å². The molecular formula is C17H26N2. The van der Waals surface area contributed by atoms with E-state index in [1.165, 1.54) is 29.3 Å². The van der Waals surface area contributed by atoms with Crippen LogP contribution in [0.25, 0.3) is 10.9 Å². The zero-order chi connectivity index (χ0) is 13.7. The van der Waals surface area contributed by atoms with Gasteiger partial charge >= 0.3 is 0 Å². The lowest BCUT2D eigenvalue weighted by atomic mass is 10.1. The Labute approximate surface area is 116 Å². The second kappa shape index (κ2) is 6.76. The van der Waals surface area contributed by atoms with Crippen LogP contribution in [0.5, 0.6) is 0 Å². The highest BCUT2D eigenvalue weighted by Gasteiger charge is 2.06. The smallest absolute Gasteiger partial charge is 0.0483 e. The molecule has 0 saturated carbocycles. The number of benzene rings is 1. The lowest BCUT2D eigenvalue weighted by Crippen LogP contribution is -2.16. The minimum atomic E-state index is 0.772. The van der Waals surface area contributed by atoms with Gasteiger partial charge in [-0.3, -0.25) is 0 Å². The molecule has 2 heteroatoms. The number of fused-ring (bicyclic) bond motifs is 1. The first-order valence-electron chi connectivity index (χ1n) is 7.49. The number of hydrogen-bond donors (Lipinski definition) is 1. The van der Waals surface area contributed by atoms with E-state index in [2.05, 4.69) is 61.1 Å².